The minimum Gasteiger partial charge on any atom is -0.228 e. The Kier molecular flexibility index (Phi) is 8.11. The van der Waals surface area contributed by atoms with Crippen molar-refractivity contribution in [2.75, 3.05) is 0 Å². The highest BCUT2D eigenvalue weighted by atomic mass is 14.9. The van der Waals surface area contributed by atoms with E-state index in [1.807, 2.05) is 0 Å². The van der Waals surface area contributed by atoms with Crippen molar-refractivity contribution < 1.29 is 0 Å². The molecule has 0 N–H and O–H groups in total. The summed E-state index contributed by atoms with van der Waals surface area (Å²) in [5.41, 5.74) is 14.2. The lowest BCUT2D eigenvalue weighted by atomic mass is 9.67. The quantitative estimate of drug-likeness (QED) is 0.124. The van der Waals surface area contributed by atoms with Crippen molar-refractivity contribution in [1.29, 1.82) is 0 Å². The Morgan fingerprint density at radius 1 is 0.295 bits per heavy atom. The van der Waals surface area contributed by atoms with Gasteiger partial charge in [0.05, 0.1) is 16.8 Å². The Balaban J connectivity index is 1.16. The van der Waals surface area contributed by atoms with Crippen LogP contribution in [0.3, 0.4) is 0 Å². The van der Waals surface area contributed by atoms with E-state index in [2.05, 4.69) is 231 Å². The van der Waals surface area contributed by atoms with Gasteiger partial charge in [-0.1, -0.05) is 218 Å². The topological polar surface area (TPSA) is 25.8 Å². The van der Waals surface area contributed by atoms with Crippen molar-refractivity contribution in [1.82, 2.24) is 9.97 Å². The van der Waals surface area contributed by atoms with Gasteiger partial charge in [0.25, 0.3) is 0 Å². The number of fused-ring (bicyclic) bond motifs is 7. The molecule has 0 fully saturated rings. The lowest BCUT2D eigenvalue weighted by Gasteiger charge is -2.33. The molecular formula is C59H38N2. The van der Waals surface area contributed by atoms with Crippen LogP contribution in [0.1, 0.15) is 22.3 Å². The molecule has 1 aromatic heterocycles. The predicted molar refractivity (Wildman–Crippen MR) is 254 cm³/mol. The third-order valence-electron chi connectivity index (χ3n) is 12.8. The Morgan fingerprint density at radius 3 is 1.61 bits per heavy atom. The van der Waals surface area contributed by atoms with Crippen molar-refractivity contribution in [3.05, 3.63) is 253 Å². The summed E-state index contributed by atoms with van der Waals surface area (Å²) < 4.78 is 0. The van der Waals surface area contributed by atoms with Gasteiger partial charge in [0, 0.05) is 16.7 Å². The molecule has 0 bridgehead atoms. The first-order chi connectivity index (χ1) is 30.3. The zero-order valence-corrected chi connectivity index (χ0v) is 33.3. The molecule has 0 saturated carbocycles. The normalized spacial score (nSPS) is 12.7. The fraction of sp³-hybridized carbons (Fsp3) is 0.0169. The van der Waals surface area contributed by atoms with E-state index in [1.54, 1.807) is 0 Å². The van der Waals surface area contributed by atoms with Crippen molar-refractivity contribution in [3.8, 4) is 56.2 Å². The van der Waals surface area contributed by atoms with E-state index >= 15 is 0 Å². The predicted octanol–water partition coefficient (Wildman–Crippen LogP) is 15.0. The van der Waals surface area contributed by atoms with E-state index in [4.69, 9.17) is 9.97 Å². The highest BCUT2D eigenvalue weighted by molar-refractivity contribution is 6.19. The monoisotopic (exact) mass is 774 g/mol. The maximum Gasteiger partial charge on any atom is 0.161 e. The zero-order valence-electron chi connectivity index (χ0n) is 33.3. The Bertz CT molecular complexity index is 3410. The maximum absolute atomic E-state index is 5.68. The van der Waals surface area contributed by atoms with Gasteiger partial charge >= 0.3 is 0 Å². The Morgan fingerprint density at radius 2 is 0.852 bits per heavy atom. The molecule has 10 aromatic carbocycles. The standard InChI is InChI=1S/C59H38N2/c1-4-17-39(18-5-1)40-31-33-42(34-32-40)54-38-55(61-58(60-54)57-47-26-13-11-20-43(47)37-51-46-25-12-10-19-41(46)35-36-48(51)57)50-28-16-30-53-56(50)49-27-14-15-29-52(49)59(53,44-21-6-2-7-22-44)45-23-8-3-9-24-45/h1-38H. The van der Waals surface area contributed by atoms with E-state index < -0.39 is 5.41 Å². The third-order valence-corrected chi connectivity index (χ3v) is 12.8. The van der Waals surface area contributed by atoms with Crippen LogP contribution in [0.15, 0.2) is 231 Å². The number of benzene rings is 10. The average molecular weight is 775 g/mol. The second-order valence-corrected chi connectivity index (χ2v) is 16.0. The lowest BCUT2D eigenvalue weighted by molar-refractivity contribution is 0.768. The molecule has 1 aliphatic rings. The second-order valence-electron chi connectivity index (χ2n) is 16.0. The molecule has 0 radical (unpaired) electrons. The molecule has 1 heterocycles. The molecule has 61 heavy (non-hydrogen) atoms. The molecule has 2 heteroatoms. The van der Waals surface area contributed by atoms with E-state index in [0.29, 0.717) is 5.82 Å². The molecule has 12 rings (SSSR count). The van der Waals surface area contributed by atoms with Crippen molar-refractivity contribution in [3.63, 3.8) is 0 Å². The molecule has 0 aliphatic heterocycles. The summed E-state index contributed by atoms with van der Waals surface area (Å²) in [4.78, 5) is 11.2. The zero-order chi connectivity index (χ0) is 40.3. The van der Waals surface area contributed by atoms with Gasteiger partial charge in [-0.3, -0.25) is 0 Å². The van der Waals surface area contributed by atoms with Gasteiger partial charge in [0.2, 0.25) is 0 Å². The first-order valence-electron chi connectivity index (χ1n) is 21.0. The molecular weight excluding hydrogens is 737 g/mol. The lowest BCUT2D eigenvalue weighted by Crippen LogP contribution is -2.28. The van der Waals surface area contributed by atoms with Gasteiger partial charge in [-0.25, -0.2) is 9.97 Å². The summed E-state index contributed by atoms with van der Waals surface area (Å²) in [6.07, 6.45) is 0. The van der Waals surface area contributed by atoms with Crippen LogP contribution in [0.4, 0.5) is 0 Å². The van der Waals surface area contributed by atoms with E-state index in [-0.39, 0.29) is 0 Å². The van der Waals surface area contributed by atoms with Gasteiger partial charge in [0.1, 0.15) is 0 Å². The van der Waals surface area contributed by atoms with Gasteiger partial charge in [0.15, 0.2) is 5.82 Å². The van der Waals surface area contributed by atoms with E-state index in [0.717, 1.165) is 44.2 Å². The highest BCUT2D eigenvalue weighted by Gasteiger charge is 2.46. The molecule has 0 saturated heterocycles. The van der Waals surface area contributed by atoms with Crippen LogP contribution in [0, 0.1) is 0 Å². The van der Waals surface area contributed by atoms with Crippen LogP contribution < -0.4 is 0 Å². The molecule has 284 valence electrons. The Hall–Kier alpha value is -7.94. The molecule has 0 unspecified atom stereocenters. The molecule has 1 aliphatic carbocycles. The maximum atomic E-state index is 5.68. The van der Waals surface area contributed by atoms with Crippen LogP contribution >= 0.6 is 0 Å². The molecule has 11 aromatic rings. The second kappa shape index (κ2) is 14.1. The Labute approximate surface area is 355 Å². The van der Waals surface area contributed by atoms with Gasteiger partial charge in [-0.2, -0.15) is 0 Å². The minimum absolute atomic E-state index is 0.524. The minimum atomic E-state index is -0.524. The fourth-order valence-corrected chi connectivity index (χ4v) is 10.1. The van der Waals surface area contributed by atoms with Crippen molar-refractivity contribution in [2.24, 2.45) is 0 Å². The first kappa shape index (κ1) is 35.0. The van der Waals surface area contributed by atoms with Crippen molar-refractivity contribution in [2.45, 2.75) is 5.41 Å². The van der Waals surface area contributed by atoms with E-state index in [9.17, 15) is 0 Å². The number of hydrogen-bond acceptors (Lipinski definition) is 2. The SMILES string of the molecule is c1ccc(-c2ccc(-c3cc(-c4cccc5c4-c4ccccc4C5(c4ccccc4)c4ccccc4)nc(-c4c5ccccc5cc5c4ccc4ccccc45)n3)cc2)cc1. The van der Waals surface area contributed by atoms with Gasteiger partial charge in [-0.05, 0) is 89.0 Å². The van der Waals surface area contributed by atoms with Crippen LogP contribution in [0.5, 0.6) is 0 Å². The average Bonchev–Trinajstić information content (AvgIpc) is 3.65. The van der Waals surface area contributed by atoms with E-state index in [1.165, 1.54) is 60.7 Å². The number of nitrogens with zero attached hydrogens (tertiary/aromatic N) is 2. The largest absolute Gasteiger partial charge is 0.228 e. The van der Waals surface area contributed by atoms with Gasteiger partial charge < -0.3 is 0 Å². The number of aromatic nitrogens is 2. The molecule has 0 spiro atoms. The van der Waals surface area contributed by atoms with Crippen molar-refractivity contribution >= 4 is 32.3 Å². The summed E-state index contributed by atoms with van der Waals surface area (Å²) in [5.74, 6) is 0.706. The van der Waals surface area contributed by atoms with Crippen LogP contribution in [-0.2, 0) is 5.41 Å². The fourth-order valence-electron chi connectivity index (χ4n) is 10.1. The number of hydrogen-bond donors (Lipinski definition) is 0. The molecule has 0 amide bonds. The molecule has 0 atom stereocenters. The first-order valence-corrected chi connectivity index (χ1v) is 21.0. The third kappa shape index (κ3) is 5.50. The van der Waals surface area contributed by atoms with Crippen LogP contribution in [-0.4, -0.2) is 9.97 Å². The number of rotatable bonds is 6. The summed E-state index contributed by atoms with van der Waals surface area (Å²) in [7, 11) is 0. The van der Waals surface area contributed by atoms with Crippen LogP contribution in [0.2, 0.25) is 0 Å². The summed E-state index contributed by atoms with van der Waals surface area (Å²) in [6, 6.07) is 83.4. The summed E-state index contributed by atoms with van der Waals surface area (Å²) >= 11 is 0. The van der Waals surface area contributed by atoms with Crippen LogP contribution in [0.25, 0.3) is 88.5 Å². The highest BCUT2D eigenvalue weighted by Crippen LogP contribution is 2.58. The van der Waals surface area contributed by atoms with Gasteiger partial charge in [-0.15, -0.1) is 0 Å². The molecule has 2 nitrogen and oxygen atoms in total. The summed E-state index contributed by atoms with van der Waals surface area (Å²) in [6.45, 7) is 0. The summed E-state index contributed by atoms with van der Waals surface area (Å²) in [5, 5.41) is 7.05. The smallest absolute Gasteiger partial charge is 0.161 e.